The Morgan fingerprint density at radius 2 is 2.06 bits per heavy atom. The Bertz CT molecular complexity index is 407. The van der Waals surface area contributed by atoms with E-state index in [1.165, 1.54) is 0 Å². The van der Waals surface area contributed by atoms with Gasteiger partial charge in [-0.05, 0) is 17.7 Å². The van der Waals surface area contributed by atoms with Crippen LogP contribution in [0.4, 0.5) is 4.79 Å². The third kappa shape index (κ3) is 3.41. The number of fused-ring (bicyclic) bond motifs is 1. The molecule has 5 heteroatoms. The number of hydrogen-bond donors (Lipinski definition) is 2. The molecule has 3 N–H and O–H groups in total. The number of rotatable bonds is 2. The van der Waals surface area contributed by atoms with Crippen molar-refractivity contribution in [2.75, 3.05) is 0 Å². The SMILES string of the molecule is C=C.CC1Oc2ccc(CNC(N)=O)cc2O1. The van der Waals surface area contributed by atoms with E-state index in [1.54, 1.807) is 0 Å². The van der Waals surface area contributed by atoms with Crippen molar-refractivity contribution >= 4 is 6.03 Å². The van der Waals surface area contributed by atoms with Crippen LogP contribution in [-0.4, -0.2) is 12.3 Å². The van der Waals surface area contributed by atoms with E-state index in [9.17, 15) is 4.79 Å². The van der Waals surface area contributed by atoms with E-state index in [4.69, 9.17) is 15.2 Å². The number of nitrogens with one attached hydrogen (secondary N) is 1. The predicted octanol–water partition coefficient (Wildman–Crippen LogP) is 1.77. The molecule has 17 heavy (non-hydrogen) atoms. The quantitative estimate of drug-likeness (QED) is 0.768. The molecule has 1 atom stereocenters. The van der Waals surface area contributed by atoms with Crippen molar-refractivity contribution in [2.24, 2.45) is 5.73 Å². The summed E-state index contributed by atoms with van der Waals surface area (Å²) >= 11 is 0. The highest BCUT2D eigenvalue weighted by atomic mass is 16.7. The number of benzene rings is 1. The van der Waals surface area contributed by atoms with Gasteiger partial charge in [-0.15, -0.1) is 13.2 Å². The first-order valence-electron chi connectivity index (χ1n) is 5.14. The number of carbonyl (C=O) groups is 1. The Labute approximate surface area is 100 Å². The summed E-state index contributed by atoms with van der Waals surface area (Å²) in [6, 6.07) is 4.96. The molecule has 1 aliphatic rings. The fourth-order valence-electron chi connectivity index (χ4n) is 1.42. The van der Waals surface area contributed by atoms with Crippen LogP contribution in [0.15, 0.2) is 31.4 Å². The van der Waals surface area contributed by atoms with Crippen molar-refractivity contribution in [3.8, 4) is 11.5 Å². The highest BCUT2D eigenvalue weighted by Gasteiger charge is 2.19. The highest BCUT2D eigenvalue weighted by Crippen LogP contribution is 2.35. The van der Waals surface area contributed by atoms with Crippen LogP contribution in [0.2, 0.25) is 0 Å². The summed E-state index contributed by atoms with van der Waals surface area (Å²) in [5.74, 6) is 1.43. The smallest absolute Gasteiger partial charge is 0.312 e. The van der Waals surface area contributed by atoms with E-state index in [0.29, 0.717) is 12.3 Å². The molecule has 0 spiro atoms. The van der Waals surface area contributed by atoms with Gasteiger partial charge in [0.2, 0.25) is 6.29 Å². The molecule has 5 nitrogen and oxygen atoms in total. The van der Waals surface area contributed by atoms with E-state index in [2.05, 4.69) is 18.5 Å². The number of urea groups is 1. The van der Waals surface area contributed by atoms with Gasteiger partial charge in [-0.2, -0.15) is 0 Å². The first-order valence-corrected chi connectivity index (χ1v) is 5.14. The monoisotopic (exact) mass is 236 g/mol. The fourth-order valence-corrected chi connectivity index (χ4v) is 1.42. The maximum absolute atomic E-state index is 10.5. The van der Waals surface area contributed by atoms with Crippen molar-refractivity contribution in [3.63, 3.8) is 0 Å². The second kappa shape index (κ2) is 5.79. The molecule has 1 aromatic carbocycles. The zero-order chi connectivity index (χ0) is 12.8. The molecule has 1 aromatic rings. The molecule has 2 amide bonds. The number of amides is 2. The van der Waals surface area contributed by atoms with Crippen LogP contribution in [-0.2, 0) is 6.54 Å². The minimum atomic E-state index is -0.541. The number of ether oxygens (including phenoxy) is 2. The van der Waals surface area contributed by atoms with Crippen LogP contribution in [0.5, 0.6) is 11.5 Å². The molecule has 0 fully saturated rings. The lowest BCUT2D eigenvalue weighted by Gasteiger charge is -2.03. The highest BCUT2D eigenvalue weighted by molar-refractivity contribution is 5.71. The van der Waals surface area contributed by atoms with E-state index < -0.39 is 6.03 Å². The van der Waals surface area contributed by atoms with Crippen LogP contribution in [0.1, 0.15) is 12.5 Å². The van der Waals surface area contributed by atoms with Gasteiger partial charge in [0.1, 0.15) is 0 Å². The van der Waals surface area contributed by atoms with Crippen LogP contribution in [0.25, 0.3) is 0 Å². The number of carbonyl (C=O) groups excluding carboxylic acids is 1. The molecule has 0 aromatic heterocycles. The molecule has 1 aliphatic heterocycles. The van der Waals surface area contributed by atoms with Crippen LogP contribution >= 0.6 is 0 Å². The molecule has 0 saturated carbocycles. The first kappa shape index (κ1) is 12.9. The molecule has 2 rings (SSSR count). The summed E-state index contributed by atoms with van der Waals surface area (Å²) in [4.78, 5) is 10.5. The summed E-state index contributed by atoms with van der Waals surface area (Å²) in [5.41, 5.74) is 5.89. The number of primary amides is 1. The minimum absolute atomic E-state index is 0.251. The van der Waals surface area contributed by atoms with Gasteiger partial charge < -0.3 is 20.5 Å². The molecule has 0 radical (unpaired) electrons. The molecule has 0 aliphatic carbocycles. The van der Waals surface area contributed by atoms with Gasteiger partial charge in [-0.3, -0.25) is 0 Å². The summed E-state index contributed by atoms with van der Waals surface area (Å²) < 4.78 is 10.7. The average Bonchev–Trinajstić information content (AvgIpc) is 2.68. The molecule has 0 bridgehead atoms. The van der Waals surface area contributed by atoms with Gasteiger partial charge >= 0.3 is 6.03 Å². The maximum Gasteiger partial charge on any atom is 0.312 e. The second-order valence-corrected chi connectivity index (χ2v) is 3.30. The zero-order valence-corrected chi connectivity index (χ0v) is 9.73. The standard InChI is InChI=1S/C10H12N2O3.C2H4/c1-6-14-8-3-2-7(4-9(8)15-6)5-12-10(11)13;1-2/h2-4,6H,5H2,1H3,(H3,11,12,13);1-2H2. The maximum atomic E-state index is 10.5. The Balaban J connectivity index is 0.000000686. The lowest BCUT2D eigenvalue weighted by atomic mass is 10.2. The third-order valence-corrected chi connectivity index (χ3v) is 2.06. The van der Waals surface area contributed by atoms with E-state index in [-0.39, 0.29) is 6.29 Å². The van der Waals surface area contributed by atoms with Gasteiger partial charge in [0.15, 0.2) is 11.5 Å². The average molecular weight is 236 g/mol. The van der Waals surface area contributed by atoms with Gasteiger partial charge in [0, 0.05) is 13.5 Å². The van der Waals surface area contributed by atoms with E-state index >= 15 is 0 Å². The predicted molar refractivity (Wildman–Crippen MR) is 64.8 cm³/mol. The summed E-state index contributed by atoms with van der Waals surface area (Å²) in [5, 5.41) is 2.51. The normalized spacial score (nSPS) is 15.7. The molecule has 1 unspecified atom stereocenters. The first-order chi connectivity index (χ1) is 8.15. The van der Waals surface area contributed by atoms with Gasteiger partial charge in [0.25, 0.3) is 0 Å². The molecule has 1 heterocycles. The lowest BCUT2D eigenvalue weighted by Crippen LogP contribution is -2.28. The van der Waals surface area contributed by atoms with Gasteiger partial charge in [0.05, 0.1) is 0 Å². The van der Waals surface area contributed by atoms with Crippen molar-refractivity contribution in [2.45, 2.75) is 19.8 Å². The number of nitrogens with two attached hydrogens (primary N) is 1. The Hall–Kier alpha value is -2.17. The molecule has 0 saturated heterocycles. The van der Waals surface area contributed by atoms with E-state index in [0.717, 1.165) is 11.3 Å². The van der Waals surface area contributed by atoms with Crippen molar-refractivity contribution in [1.82, 2.24) is 5.32 Å². The lowest BCUT2D eigenvalue weighted by molar-refractivity contribution is 0.0678. The summed E-state index contributed by atoms with van der Waals surface area (Å²) in [6.07, 6.45) is -0.251. The van der Waals surface area contributed by atoms with Crippen molar-refractivity contribution in [3.05, 3.63) is 36.9 Å². The zero-order valence-electron chi connectivity index (χ0n) is 9.73. The van der Waals surface area contributed by atoms with Crippen molar-refractivity contribution in [1.29, 1.82) is 0 Å². The summed E-state index contributed by atoms with van der Waals surface area (Å²) in [7, 11) is 0. The topological polar surface area (TPSA) is 73.6 Å². The van der Waals surface area contributed by atoms with Crippen LogP contribution in [0.3, 0.4) is 0 Å². The molecular formula is C12H16N2O3. The van der Waals surface area contributed by atoms with E-state index in [1.807, 2.05) is 25.1 Å². The second-order valence-electron chi connectivity index (χ2n) is 3.30. The largest absolute Gasteiger partial charge is 0.451 e. The Morgan fingerprint density at radius 3 is 2.71 bits per heavy atom. The fraction of sp³-hybridized carbons (Fsp3) is 0.250. The van der Waals surface area contributed by atoms with Crippen molar-refractivity contribution < 1.29 is 14.3 Å². The number of hydrogen-bond acceptors (Lipinski definition) is 3. The third-order valence-electron chi connectivity index (χ3n) is 2.06. The van der Waals surface area contributed by atoms with Crippen LogP contribution < -0.4 is 20.5 Å². The molecular weight excluding hydrogens is 220 g/mol. The Morgan fingerprint density at radius 1 is 1.41 bits per heavy atom. The Kier molecular flexibility index (Phi) is 4.39. The van der Waals surface area contributed by atoms with Gasteiger partial charge in [-0.1, -0.05) is 6.07 Å². The van der Waals surface area contributed by atoms with Gasteiger partial charge in [-0.25, -0.2) is 4.79 Å². The molecule has 92 valence electrons. The minimum Gasteiger partial charge on any atom is -0.451 e. The summed E-state index contributed by atoms with van der Waals surface area (Å²) in [6.45, 7) is 8.21. The van der Waals surface area contributed by atoms with Crippen LogP contribution in [0, 0.1) is 0 Å².